The van der Waals surface area contributed by atoms with Crippen LogP contribution in [0, 0.1) is 13.5 Å². The van der Waals surface area contributed by atoms with E-state index in [9.17, 15) is 0 Å². The molecule has 5 heteroatoms. The SMILES string of the molecule is [C-]#[N+]c1c(-c2c(Br)cnn2C)ccc(Cl)c1C. The van der Waals surface area contributed by atoms with Crippen molar-refractivity contribution in [3.8, 4) is 11.3 Å². The molecule has 0 atom stereocenters. The molecular formula is C12H9BrClN3. The molecule has 0 saturated heterocycles. The maximum Gasteiger partial charge on any atom is 0.200 e. The van der Waals surface area contributed by atoms with Crippen molar-refractivity contribution in [1.29, 1.82) is 0 Å². The third-order valence-electron chi connectivity index (χ3n) is 2.63. The highest BCUT2D eigenvalue weighted by Crippen LogP contribution is 2.39. The molecule has 0 spiro atoms. The standard InChI is InChI=1S/C12H9BrClN3/c1-7-10(14)5-4-8(11(7)15-2)12-9(13)6-16-17(12)3/h4-6H,1,3H3. The van der Waals surface area contributed by atoms with Crippen LogP contribution in [-0.2, 0) is 7.05 Å². The van der Waals surface area contributed by atoms with Gasteiger partial charge in [-0.2, -0.15) is 5.10 Å². The number of rotatable bonds is 1. The summed E-state index contributed by atoms with van der Waals surface area (Å²) in [5.74, 6) is 0. The third kappa shape index (κ3) is 1.97. The van der Waals surface area contributed by atoms with Crippen molar-refractivity contribution in [3.05, 3.63) is 44.8 Å². The van der Waals surface area contributed by atoms with Crippen LogP contribution in [-0.4, -0.2) is 9.78 Å². The summed E-state index contributed by atoms with van der Waals surface area (Å²) in [6, 6.07) is 3.66. The fourth-order valence-corrected chi connectivity index (χ4v) is 2.44. The quantitative estimate of drug-likeness (QED) is 0.717. The summed E-state index contributed by atoms with van der Waals surface area (Å²) in [5.41, 5.74) is 3.10. The third-order valence-corrected chi connectivity index (χ3v) is 3.62. The maximum absolute atomic E-state index is 7.29. The van der Waals surface area contributed by atoms with E-state index in [0.29, 0.717) is 10.7 Å². The molecule has 0 aliphatic carbocycles. The predicted octanol–water partition coefficient (Wildman–Crippen LogP) is 4.36. The molecule has 0 bridgehead atoms. The van der Waals surface area contributed by atoms with E-state index < -0.39 is 0 Å². The van der Waals surface area contributed by atoms with Crippen molar-refractivity contribution in [3.63, 3.8) is 0 Å². The summed E-state index contributed by atoms with van der Waals surface area (Å²) in [6.07, 6.45) is 1.72. The molecule has 1 aromatic heterocycles. The highest BCUT2D eigenvalue weighted by atomic mass is 79.9. The molecule has 0 unspecified atom stereocenters. The molecule has 1 heterocycles. The van der Waals surface area contributed by atoms with Crippen LogP contribution in [0.2, 0.25) is 5.02 Å². The average molecular weight is 311 g/mol. The van der Waals surface area contributed by atoms with Gasteiger partial charge in [-0.25, -0.2) is 4.85 Å². The lowest BCUT2D eigenvalue weighted by molar-refractivity contribution is 0.776. The van der Waals surface area contributed by atoms with Crippen molar-refractivity contribution in [2.75, 3.05) is 0 Å². The Bertz CT molecular complexity index is 606. The minimum Gasteiger partial charge on any atom is -0.268 e. The van der Waals surface area contributed by atoms with Crippen molar-refractivity contribution < 1.29 is 0 Å². The second-order valence-electron chi connectivity index (χ2n) is 3.65. The summed E-state index contributed by atoms with van der Waals surface area (Å²) in [5, 5.41) is 4.76. The van der Waals surface area contributed by atoms with E-state index in [2.05, 4.69) is 25.9 Å². The Morgan fingerprint density at radius 1 is 1.47 bits per heavy atom. The molecule has 0 N–H and O–H groups in total. The molecule has 0 fully saturated rings. The van der Waals surface area contributed by atoms with Gasteiger partial charge in [0.05, 0.1) is 22.9 Å². The normalized spacial score (nSPS) is 10.3. The second-order valence-corrected chi connectivity index (χ2v) is 4.91. The Balaban J connectivity index is 2.78. The van der Waals surface area contributed by atoms with Gasteiger partial charge in [0.1, 0.15) is 0 Å². The van der Waals surface area contributed by atoms with Crippen LogP contribution in [0.15, 0.2) is 22.8 Å². The Morgan fingerprint density at radius 2 is 2.18 bits per heavy atom. The van der Waals surface area contributed by atoms with E-state index >= 15 is 0 Å². The zero-order chi connectivity index (χ0) is 12.6. The van der Waals surface area contributed by atoms with Crippen LogP contribution < -0.4 is 0 Å². The zero-order valence-corrected chi connectivity index (χ0v) is 11.7. The Hall–Kier alpha value is -1.31. The zero-order valence-electron chi connectivity index (χ0n) is 9.33. The van der Waals surface area contributed by atoms with Gasteiger partial charge in [0.15, 0.2) is 0 Å². The summed E-state index contributed by atoms with van der Waals surface area (Å²) in [7, 11) is 1.84. The van der Waals surface area contributed by atoms with E-state index in [0.717, 1.165) is 21.3 Å². The molecule has 0 saturated carbocycles. The molecule has 0 amide bonds. The molecular weight excluding hydrogens is 302 g/mol. The molecule has 0 aliphatic rings. The Morgan fingerprint density at radius 3 is 2.71 bits per heavy atom. The Labute approximate surface area is 113 Å². The highest BCUT2D eigenvalue weighted by Gasteiger charge is 2.16. The molecule has 3 nitrogen and oxygen atoms in total. The van der Waals surface area contributed by atoms with Crippen molar-refractivity contribution in [2.45, 2.75) is 6.92 Å². The monoisotopic (exact) mass is 309 g/mol. The molecule has 17 heavy (non-hydrogen) atoms. The van der Waals surface area contributed by atoms with E-state index in [1.54, 1.807) is 16.9 Å². The summed E-state index contributed by atoms with van der Waals surface area (Å²) >= 11 is 9.47. The first-order chi connectivity index (χ1) is 8.06. The first kappa shape index (κ1) is 12.2. The van der Waals surface area contributed by atoms with Crippen LogP contribution in [0.4, 0.5) is 5.69 Å². The molecule has 0 radical (unpaired) electrons. The van der Waals surface area contributed by atoms with Crippen LogP contribution in [0.5, 0.6) is 0 Å². The van der Waals surface area contributed by atoms with E-state index in [1.165, 1.54) is 0 Å². The van der Waals surface area contributed by atoms with Gasteiger partial charge < -0.3 is 0 Å². The number of hydrogen-bond acceptors (Lipinski definition) is 1. The second kappa shape index (κ2) is 4.52. The Kier molecular flexibility index (Phi) is 3.23. The largest absolute Gasteiger partial charge is 0.268 e. The van der Waals surface area contributed by atoms with Gasteiger partial charge >= 0.3 is 0 Å². The van der Waals surface area contributed by atoms with E-state index in [1.807, 2.05) is 20.0 Å². The fraction of sp³-hybridized carbons (Fsp3) is 0.167. The highest BCUT2D eigenvalue weighted by molar-refractivity contribution is 9.10. The maximum atomic E-state index is 7.29. The fourth-order valence-electron chi connectivity index (χ4n) is 1.72. The molecule has 2 aromatic rings. The number of aromatic nitrogens is 2. The molecule has 2 rings (SSSR count). The van der Waals surface area contributed by atoms with Crippen LogP contribution in [0.25, 0.3) is 16.1 Å². The van der Waals surface area contributed by atoms with Gasteiger partial charge in [0, 0.05) is 17.6 Å². The van der Waals surface area contributed by atoms with Crippen molar-refractivity contribution in [2.24, 2.45) is 7.05 Å². The number of nitrogens with zero attached hydrogens (tertiary/aromatic N) is 3. The lowest BCUT2D eigenvalue weighted by atomic mass is 10.1. The lowest BCUT2D eigenvalue weighted by Gasteiger charge is -2.09. The van der Waals surface area contributed by atoms with Gasteiger partial charge in [0.25, 0.3) is 0 Å². The number of aryl methyl sites for hydroxylation is 1. The van der Waals surface area contributed by atoms with Gasteiger partial charge in [0.2, 0.25) is 5.69 Å². The van der Waals surface area contributed by atoms with Gasteiger partial charge in [-0.05, 0) is 34.5 Å². The first-order valence-electron chi connectivity index (χ1n) is 4.90. The van der Waals surface area contributed by atoms with Crippen LogP contribution >= 0.6 is 27.5 Å². The van der Waals surface area contributed by atoms with Crippen LogP contribution in [0.1, 0.15) is 5.56 Å². The smallest absolute Gasteiger partial charge is 0.200 e. The molecule has 0 aliphatic heterocycles. The van der Waals surface area contributed by atoms with Gasteiger partial charge in [-0.3, -0.25) is 4.68 Å². The van der Waals surface area contributed by atoms with Crippen molar-refractivity contribution in [1.82, 2.24) is 9.78 Å². The summed E-state index contributed by atoms with van der Waals surface area (Å²) in [4.78, 5) is 3.57. The van der Waals surface area contributed by atoms with Crippen LogP contribution in [0.3, 0.4) is 0 Å². The van der Waals surface area contributed by atoms with Gasteiger partial charge in [-0.1, -0.05) is 17.7 Å². The molecule has 1 aromatic carbocycles. The summed E-state index contributed by atoms with van der Waals surface area (Å²) < 4.78 is 2.60. The average Bonchev–Trinajstić information content (AvgIpc) is 2.63. The lowest BCUT2D eigenvalue weighted by Crippen LogP contribution is -1.94. The number of benzene rings is 1. The minimum absolute atomic E-state index is 0.571. The number of hydrogen-bond donors (Lipinski definition) is 0. The van der Waals surface area contributed by atoms with E-state index in [4.69, 9.17) is 18.2 Å². The summed E-state index contributed by atoms with van der Waals surface area (Å²) in [6.45, 7) is 9.14. The predicted molar refractivity (Wildman–Crippen MR) is 72.4 cm³/mol. The van der Waals surface area contributed by atoms with E-state index in [-0.39, 0.29) is 0 Å². The van der Waals surface area contributed by atoms with Gasteiger partial charge in [-0.15, -0.1) is 0 Å². The van der Waals surface area contributed by atoms with Crippen molar-refractivity contribution >= 4 is 33.2 Å². The first-order valence-corrected chi connectivity index (χ1v) is 6.07. The number of halogens is 2. The molecule has 86 valence electrons. The topological polar surface area (TPSA) is 22.2 Å². The minimum atomic E-state index is 0.571.